The highest BCUT2D eigenvalue weighted by atomic mass is 127. The summed E-state index contributed by atoms with van der Waals surface area (Å²) in [7, 11) is 1.81. The number of rotatable bonds is 3. The Morgan fingerprint density at radius 2 is 1.71 bits per heavy atom. The fraction of sp³-hybridized carbons (Fsp3) is 0.200. The normalized spacial score (nSPS) is 10.9. The van der Waals surface area contributed by atoms with E-state index >= 15 is 0 Å². The van der Waals surface area contributed by atoms with Crippen LogP contribution in [0.15, 0.2) is 48.7 Å². The zero-order chi connectivity index (χ0) is 14.8. The molecule has 0 saturated heterocycles. The predicted octanol–water partition coefficient (Wildman–Crippen LogP) is -0.0407. The molecule has 0 radical (unpaired) electrons. The van der Waals surface area contributed by atoms with Crippen LogP contribution in [0.25, 0.3) is 0 Å². The van der Waals surface area contributed by atoms with Gasteiger partial charge in [-0.3, -0.25) is 4.79 Å². The molecule has 6 heteroatoms. The second kappa shape index (κ2) is 7.02. The Labute approximate surface area is 137 Å². The molecule has 0 bridgehead atoms. The number of pyridine rings is 1. The lowest BCUT2D eigenvalue weighted by Gasteiger charge is -2.07. The molecule has 0 aliphatic heterocycles. The SMILES string of the molecule is C[n+]1ccccc1CC(=O)c1ccc(C(F)(F)F)cc1.[I-]. The van der Waals surface area contributed by atoms with Gasteiger partial charge in [0.1, 0.15) is 7.05 Å². The summed E-state index contributed by atoms with van der Waals surface area (Å²) < 4.78 is 39.1. The van der Waals surface area contributed by atoms with Gasteiger partial charge in [-0.2, -0.15) is 13.2 Å². The zero-order valence-corrected chi connectivity index (χ0v) is 13.4. The lowest BCUT2D eigenvalue weighted by molar-refractivity contribution is -0.678. The van der Waals surface area contributed by atoms with Gasteiger partial charge in [-0.15, -0.1) is 0 Å². The van der Waals surface area contributed by atoms with Crippen LogP contribution < -0.4 is 28.5 Å². The van der Waals surface area contributed by atoms with E-state index in [-0.39, 0.29) is 41.7 Å². The van der Waals surface area contributed by atoms with Gasteiger partial charge in [0, 0.05) is 17.7 Å². The maximum absolute atomic E-state index is 12.4. The number of hydrogen-bond acceptors (Lipinski definition) is 1. The first-order chi connectivity index (χ1) is 9.38. The molecule has 1 aromatic carbocycles. The standard InChI is InChI=1S/C15H13F3NO.HI/c1-19-9-3-2-4-13(19)10-14(20)11-5-7-12(8-6-11)15(16,17)18;/h2-9H,10H2,1H3;1H/q+1;/p-1. The molecule has 0 saturated carbocycles. The van der Waals surface area contributed by atoms with E-state index < -0.39 is 11.7 Å². The molecule has 2 nitrogen and oxygen atoms in total. The number of nitrogens with zero attached hydrogens (tertiary/aromatic N) is 1. The van der Waals surface area contributed by atoms with Gasteiger partial charge in [-0.25, -0.2) is 4.57 Å². The van der Waals surface area contributed by atoms with Crippen molar-refractivity contribution in [2.45, 2.75) is 12.6 Å². The van der Waals surface area contributed by atoms with E-state index in [9.17, 15) is 18.0 Å². The van der Waals surface area contributed by atoms with Gasteiger partial charge in [-0.1, -0.05) is 18.2 Å². The minimum Gasteiger partial charge on any atom is -1.00 e. The molecule has 1 heterocycles. The molecule has 21 heavy (non-hydrogen) atoms. The molecule has 0 atom stereocenters. The first kappa shape index (κ1) is 17.6. The monoisotopic (exact) mass is 407 g/mol. The number of benzene rings is 1. The minimum absolute atomic E-state index is 0. The van der Waals surface area contributed by atoms with Gasteiger partial charge in [0.25, 0.3) is 0 Å². The molecule has 0 aliphatic rings. The fourth-order valence-electron chi connectivity index (χ4n) is 1.85. The second-order valence-electron chi connectivity index (χ2n) is 4.48. The van der Waals surface area contributed by atoms with Gasteiger partial charge < -0.3 is 24.0 Å². The van der Waals surface area contributed by atoms with Crippen molar-refractivity contribution < 1.29 is 46.5 Å². The molecular formula is C15H13F3INO. The van der Waals surface area contributed by atoms with Crippen molar-refractivity contribution in [3.8, 4) is 0 Å². The number of aryl methyl sites for hydroxylation is 1. The molecule has 0 N–H and O–H groups in total. The summed E-state index contributed by atoms with van der Waals surface area (Å²) in [5.74, 6) is -0.208. The van der Waals surface area contributed by atoms with E-state index in [0.717, 1.165) is 17.8 Å². The maximum atomic E-state index is 12.4. The van der Waals surface area contributed by atoms with E-state index in [0.29, 0.717) is 0 Å². The molecule has 1 aromatic heterocycles. The highest BCUT2D eigenvalue weighted by molar-refractivity contribution is 5.97. The first-order valence-electron chi connectivity index (χ1n) is 6.02. The Bertz CT molecular complexity index is 624. The van der Waals surface area contributed by atoms with Crippen LogP contribution in [0, 0.1) is 0 Å². The molecule has 0 aliphatic carbocycles. The lowest BCUT2D eigenvalue weighted by atomic mass is 10.0. The van der Waals surface area contributed by atoms with Crippen LogP contribution in [0.4, 0.5) is 13.2 Å². The Hall–Kier alpha value is -1.44. The smallest absolute Gasteiger partial charge is 0.416 e. The number of aromatic nitrogens is 1. The summed E-state index contributed by atoms with van der Waals surface area (Å²) in [6.45, 7) is 0. The number of carbonyl (C=O) groups is 1. The van der Waals surface area contributed by atoms with Crippen molar-refractivity contribution >= 4 is 5.78 Å². The maximum Gasteiger partial charge on any atom is 0.416 e. The molecule has 0 spiro atoms. The molecule has 112 valence electrons. The third-order valence-electron chi connectivity index (χ3n) is 3.04. The van der Waals surface area contributed by atoms with E-state index in [1.165, 1.54) is 12.1 Å². The van der Waals surface area contributed by atoms with Crippen LogP contribution >= 0.6 is 0 Å². The Morgan fingerprint density at radius 1 is 1.10 bits per heavy atom. The summed E-state index contributed by atoms with van der Waals surface area (Å²) in [6, 6.07) is 9.75. The molecule has 0 amide bonds. The number of carbonyl (C=O) groups excluding carboxylic acids is 1. The van der Waals surface area contributed by atoms with E-state index in [4.69, 9.17) is 0 Å². The van der Waals surface area contributed by atoms with E-state index in [1.807, 2.05) is 36.0 Å². The second-order valence-corrected chi connectivity index (χ2v) is 4.48. The van der Waals surface area contributed by atoms with Crippen molar-refractivity contribution in [2.24, 2.45) is 7.05 Å². The van der Waals surface area contributed by atoms with Crippen LogP contribution in [-0.4, -0.2) is 5.78 Å². The highest BCUT2D eigenvalue weighted by Crippen LogP contribution is 2.29. The topological polar surface area (TPSA) is 20.9 Å². The van der Waals surface area contributed by atoms with Gasteiger partial charge >= 0.3 is 6.18 Å². The van der Waals surface area contributed by atoms with Crippen molar-refractivity contribution in [2.75, 3.05) is 0 Å². The number of halogens is 4. The van der Waals surface area contributed by atoms with Gasteiger partial charge in [-0.05, 0) is 12.1 Å². The molecule has 2 aromatic rings. The van der Waals surface area contributed by atoms with Crippen molar-refractivity contribution in [3.05, 3.63) is 65.5 Å². The first-order valence-corrected chi connectivity index (χ1v) is 6.02. The number of hydrogen-bond donors (Lipinski definition) is 0. The Kier molecular flexibility index (Phi) is 5.88. The van der Waals surface area contributed by atoms with Crippen LogP contribution in [0.3, 0.4) is 0 Å². The molecule has 2 rings (SSSR count). The summed E-state index contributed by atoms with van der Waals surface area (Å²) >= 11 is 0. The molecule has 0 fully saturated rings. The largest absolute Gasteiger partial charge is 1.00 e. The number of alkyl halides is 3. The zero-order valence-electron chi connectivity index (χ0n) is 11.2. The quantitative estimate of drug-likeness (QED) is 0.398. The average molecular weight is 407 g/mol. The van der Waals surface area contributed by atoms with Gasteiger partial charge in [0.05, 0.1) is 12.0 Å². The molecule has 0 unspecified atom stereocenters. The van der Waals surface area contributed by atoms with Crippen LogP contribution in [0.2, 0.25) is 0 Å². The Balaban J connectivity index is 0.00000220. The third-order valence-corrected chi connectivity index (χ3v) is 3.04. The van der Waals surface area contributed by atoms with Crippen molar-refractivity contribution in [3.63, 3.8) is 0 Å². The third kappa shape index (κ3) is 4.52. The van der Waals surface area contributed by atoms with Crippen LogP contribution in [0.5, 0.6) is 0 Å². The summed E-state index contributed by atoms with van der Waals surface area (Å²) in [6.07, 6.45) is -2.41. The molecular weight excluding hydrogens is 394 g/mol. The van der Waals surface area contributed by atoms with Crippen molar-refractivity contribution in [1.82, 2.24) is 0 Å². The summed E-state index contributed by atoms with van der Waals surface area (Å²) in [5, 5.41) is 0. The van der Waals surface area contributed by atoms with Crippen LogP contribution in [0.1, 0.15) is 21.6 Å². The van der Waals surface area contributed by atoms with Gasteiger partial charge in [0.15, 0.2) is 17.7 Å². The van der Waals surface area contributed by atoms with E-state index in [2.05, 4.69) is 0 Å². The highest BCUT2D eigenvalue weighted by Gasteiger charge is 2.30. The summed E-state index contributed by atoms with van der Waals surface area (Å²) in [4.78, 5) is 12.0. The average Bonchev–Trinajstić information content (AvgIpc) is 2.40. The predicted molar refractivity (Wildman–Crippen MR) is 67.1 cm³/mol. The van der Waals surface area contributed by atoms with Crippen molar-refractivity contribution in [1.29, 1.82) is 0 Å². The number of ketones is 1. The lowest BCUT2D eigenvalue weighted by Crippen LogP contribution is -3.00. The summed E-state index contributed by atoms with van der Waals surface area (Å²) in [5.41, 5.74) is 0.332. The fourth-order valence-corrected chi connectivity index (χ4v) is 1.85. The number of Topliss-reactive ketones (excluding diaryl/α,β-unsaturated/α-hetero) is 1. The Morgan fingerprint density at radius 3 is 2.24 bits per heavy atom. The minimum atomic E-state index is -4.38. The van der Waals surface area contributed by atoms with Crippen LogP contribution in [-0.2, 0) is 19.6 Å². The van der Waals surface area contributed by atoms with E-state index in [1.54, 1.807) is 0 Å². The van der Waals surface area contributed by atoms with Gasteiger partial charge in [0.2, 0.25) is 0 Å².